The van der Waals surface area contributed by atoms with Crippen LogP contribution < -0.4 is 20.3 Å². The number of carbonyl (C=O) groups is 2. The minimum absolute atomic E-state index is 0.200. The quantitative estimate of drug-likeness (QED) is 0.507. The van der Waals surface area contributed by atoms with Crippen molar-refractivity contribution in [3.8, 4) is 11.5 Å². The molecule has 0 aliphatic rings. The summed E-state index contributed by atoms with van der Waals surface area (Å²) in [6.07, 6.45) is 1.06. The standard InChI is InChI=1S/C23H29BrN2O4/c1-5-16(4)17-6-9-19(10-7-17)29-14-22(27)25-26-23(28)18-8-11-21(20(24)12-18)30-13-15(2)3/h6-12,15-16H,5,13-14H2,1-4H3,(H,25,27)(H,26,28). The molecule has 30 heavy (non-hydrogen) atoms. The van der Waals surface area contributed by atoms with E-state index < -0.39 is 11.8 Å². The Hall–Kier alpha value is -2.54. The SMILES string of the molecule is CCC(C)c1ccc(OCC(=O)NNC(=O)c2ccc(OCC(C)C)c(Br)c2)cc1. The Morgan fingerprint density at radius 2 is 1.70 bits per heavy atom. The molecule has 7 heteroatoms. The van der Waals surface area contributed by atoms with Gasteiger partial charge in [0, 0.05) is 5.56 Å². The van der Waals surface area contributed by atoms with Gasteiger partial charge in [-0.25, -0.2) is 0 Å². The molecule has 0 bridgehead atoms. The largest absolute Gasteiger partial charge is 0.492 e. The first-order valence-electron chi connectivity index (χ1n) is 10.0. The summed E-state index contributed by atoms with van der Waals surface area (Å²) in [6.45, 7) is 8.81. The van der Waals surface area contributed by atoms with Crippen LogP contribution in [0.4, 0.5) is 0 Å². The summed E-state index contributed by atoms with van der Waals surface area (Å²) in [7, 11) is 0. The summed E-state index contributed by atoms with van der Waals surface area (Å²) in [5.41, 5.74) is 6.36. The summed E-state index contributed by atoms with van der Waals surface area (Å²) in [5.74, 6) is 1.26. The van der Waals surface area contributed by atoms with Gasteiger partial charge in [-0.15, -0.1) is 0 Å². The highest BCUT2D eigenvalue weighted by Gasteiger charge is 2.11. The van der Waals surface area contributed by atoms with Gasteiger partial charge in [0.25, 0.3) is 11.8 Å². The van der Waals surface area contributed by atoms with Gasteiger partial charge in [0.05, 0.1) is 11.1 Å². The van der Waals surface area contributed by atoms with E-state index in [0.717, 1.165) is 6.42 Å². The first-order chi connectivity index (χ1) is 14.3. The maximum Gasteiger partial charge on any atom is 0.276 e. The Labute approximate surface area is 186 Å². The molecule has 0 spiro atoms. The first kappa shape index (κ1) is 23.7. The molecule has 0 aromatic heterocycles. The second kappa shape index (κ2) is 11.6. The molecule has 2 amide bonds. The molecule has 162 valence electrons. The Kier molecular flexibility index (Phi) is 9.17. The number of hydrogen-bond donors (Lipinski definition) is 2. The van der Waals surface area contributed by atoms with Crippen molar-refractivity contribution in [2.75, 3.05) is 13.2 Å². The van der Waals surface area contributed by atoms with Crippen LogP contribution in [0.5, 0.6) is 11.5 Å². The molecule has 0 radical (unpaired) electrons. The van der Waals surface area contributed by atoms with E-state index in [4.69, 9.17) is 9.47 Å². The van der Waals surface area contributed by atoms with E-state index >= 15 is 0 Å². The van der Waals surface area contributed by atoms with Crippen LogP contribution >= 0.6 is 15.9 Å². The third kappa shape index (κ3) is 7.37. The summed E-state index contributed by atoms with van der Waals surface area (Å²) >= 11 is 3.40. The smallest absolute Gasteiger partial charge is 0.276 e. The molecule has 0 saturated carbocycles. The average molecular weight is 477 g/mol. The zero-order valence-electron chi connectivity index (χ0n) is 17.8. The molecule has 2 aromatic carbocycles. The molecule has 1 atom stereocenters. The van der Waals surface area contributed by atoms with Gasteiger partial charge in [0.15, 0.2) is 6.61 Å². The molecule has 0 heterocycles. The Balaban J connectivity index is 1.80. The fourth-order valence-electron chi connectivity index (χ4n) is 2.53. The predicted molar refractivity (Wildman–Crippen MR) is 121 cm³/mol. The molecule has 2 N–H and O–H groups in total. The third-order valence-corrected chi connectivity index (χ3v) is 5.13. The van der Waals surface area contributed by atoms with Gasteiger partial charge in [-0.1, -0.05) is 39.8 Å². The summed E-state index contributed by atoms with van der Waals surface area (Å²) in [5, 5.41) is 0. The number of carbonyl (C=O) groups excluding carboxylic acids is 2. The van der Waals surface area contributed by atoms with Gasteiger partial charge >= 0.3 is 0 Å². The van der Waals surface area contributed by atoms with Gasteiger partial charge in [-0.2, -0.15) is 0 Å². The number of nitrogens with one attached hydrogen (secondary N) is 2. The van der Waals surface area contributed by atoms with Gasteiger partial charge < -0.3 is 9.47 Å². The predicted octanol–water partition coefficient (Wildman–Crippen LogP) is 4.84. The van der Waals surface area contributed by atoms with E-state index in [2.05, 4.69) is 54.5 Å². The second-order valence-electron chi connectivity index (χ2n) is 7.52. The van der Waals surface area contributed by atoms with Crippen LogP contribution in [0.15, 0.2) is 46.9 Å². The zero-order valence-corrected chi connectivity index (χ0v) is 19.4. The van der Waals surface area contributed by atoms with Crippen molar-refractivity contribution in [1.29, 1.82) is 0 Å². The van der Waals surface area contributed by atoms with Crippen LogP contribution in [0.1, 0.15) is 56.0 Å². The summed E-state index contributed by atoms with van der Waals surface area (Å²) in [4.78, 5) is 24.2. The van der Waals surface area contributed by atoms with Crippen molar-refractivity contribution in [3.63, 3.8) is 0 Å². The highest BCUT2D eigenvalue weighted by atomic mass is 79.9. The van der Waals surface area contributed by atoms with Gasteiger partial charge in [0.1, 0.15) is 11.5 Å². The summed E-state index contributed by atoms with van der Waals surface area (Å²) in [6, 6.07) is 12.7. The molecule has 2 aromatic rings. The molecule has 1 unspecified atom stereocenters. The van der Waals surface area contributed by atoms with E-state index in [9.17, 15) is 9.59 Å². The van der Waals surface area contributed by atoms with Crippen molar-refractivity contribution in [1.82, 2.24) is 10.9 Å². The second-order valence-corrected chi connectivity index (χ2v) is 8.37. The van der Waals surface area contributed by atoms with Crippen molar-refractivity contribution in [3.05, 3.63) is 58.1 Å². The molecule has 6 nitrogen and oxygen atoms in total. The molecular weight excluding hydrogens is 448 g/mol. The highest BCUT2D eigenvalue weighted by molar-refractivity contribution is 9.10. The van der Waals surface area contributed by atoms with E-state index in [0.29, 0.717) is 40.0 Å². The average Bonchev–Trinajstić information content (AvgIpc) is 2.74. The molecule has 2 rings (SSSR count). The fourth-order valence-corrected chi connectivity index (χ4v) is 3.02. The zero-order chi connectivity index (χ0) is 22.1. The molecule has 0 aliphatic heterocycles. The van der Waals surface area contributed by atoms with Crippen molar-refractivity contribution in [2.45, 2.75) is 40.0 Å². The minimum atomic E-state index is -0.453. The van der Waals surface area contributed by atoms with E-state index in [1.165, 1.54) is 5.56 Å². The Morgan fingerprint density at radius 3 is 2.30 bits per heavy atom. The first-order valence-corrected chi connectivity index (χ1v) is 10.8. The number of hydrazine groups is 1. The van der Waals surface area contributed by atoms with Gasteiger partial charge in [-0.05, 0) is 70.1 Å². The molecule has 0 saturated heterocycles. The number of benzene rings is 2. The Bertz CT molecular complexity index is 853. The lowest BCUT2D eigenvalue weighted by atomic mass is 9.99. The van der Waals surface area contributed by atoms with Gasteiger partial charge in [-0.3, -0.25) is 20.4 Å². The van der Waals surface area contributed by atoms with Crippen LogP contribution in [-0.4, -0.2) is 25.0 Å². The molecule has 0 aliphatic carbocycles. The molecule has 0 fully saturated rings. The number of rotatable bonds is 9. The van der Waals surface area contributed by atoms with Crippen LogP contribution in [0.25, 0.3) is 0 Å². The lowest BCUT2D eigenvalue weighted by Crippen LogP contribution is -2.43. The summed E-state index contributed by atoms with van der Waals surface area (Å²) < 4.78 is 11.8. The molecular formula is C23H29BrN2O4. The minimum Gasteiger partial charge on any atom is -0.492 e. The van der Waals surface area contributed by atoms with Crippen LogP contribution in [0.2, 0.25) is 0 Å². The highest BCUT2D eigenvalue weighted by Crippen LogP contribution is 2.26. The number of amides is 2. The van der Waals surface area contributed by atoms with E-state index in [-0.39, 0.29) is 6.61 Å². The van der Waals surface area contributed by atoms with Gasteiger partial charge in [0.2, 0.25) is 0 Å². The van der Waals surface area contributed by atoms with Crippen LogP contribution in [0, 0.1) is 5.92 Å². The monoisotopic (exact) mass is 476 g/mol. The normalized spacial score (nSPS) is 11.7. The number of hydrogen-bond acceptors (Lipinski definition) is 4. The maximum atomic E-state index is 12.3. The lowest BCUT2D eigenvalue weighted by Gasteiger charge is -2.12. The number of ether oxygens (including phenoxy) is 2. The Morgan fingerprint density at radius 1 is 1.00 bits per heavy atom. The fraction of sp³-hybridized carbons (Fsp3) is 0.391. The van der Waals surface area contributed by atoms with E-state index in [1.807, 2.05) is 24.3 Å². The third-order valence-electron chi connectivity index (χ3n) is 4.51. The topological polar surface area (TPSA) is 76.7 Å². The van der Waals surface area contributed by atoms with Crippen molar-refractivity contribution >= 4 is 27.7 Å². The van der Waals surface area contributed by atoms with Crippen LogP contribution in [0.3, 0.4) is 0 Å². The lowest BCUT2D eigenvalue weighted by molar-refractivity contribution is -0.123. The number of halogens is 1. The maximum absolute atomic E-state index is 12.3. The van der Waals surface area contributed by atoms with Crippen LogP contribution in [-0.2, 0) is 4.79 Å². The van der Waals surface area contributed by atoms with Crippen molar-refractivity contribution < 1.29 is 19.1 Å². The van der Waals surface area contributed by atoms with E-state index in [1.54, 1.807) is 18.2 Å². The van der Waals surface area contributed by atoms with Crippen molar-refractivity contribution in [2.24, 2.45) is 5.92 Å².